The fourth-order valence-electron chi connectivity index (χ4n) is 1.99. The number of aryl methyl sites for hydroxylation is 1. The molecular formula is C12H15N7O. The van der Waals surface area contributed by atoms with Crippen LogP contribution in [0.2, 0.25) is 0 Å². The maximum Gasteiger partial charge on any atom is 0.318 e. The molecule has 0 bridgehead atoms. The number of rotatable bonds is 3. The lowest BCUT2D eigenvalue weighted by Gasteiger charge is -2.08. The van der Waals surface area contributed by atoms with E-state index in [0.717, 1.165) is 5.69 Å². The van der Waals surface area contributed by atoms with Gasteiger partial charge in [0.25, 0.3) is 0 Å². The summed E-state index contributed by atoms with van der Waals surface area (Å²) in [5, 5.41) is 16.9. The lowest BCUT2D eigenvalue weighted by Crippen LogP contribution is -2.01. The Balaban J connectivity index is 2.10. The van der Waals surface area contributed by atoms with Crippen LogP contribution < -0.4 is 5.32 Å². The molecule has 0 radical (unpaired) electrons. The number of aromatic hydroxyl groups is 1. The number of fused-ring (bicyclic) bond motifs is 1. The Hall–Kier alpha value is -2.64. The highest BCUT2D eigenvalue weighted by Gasteiger charge is 2.15. The molecule has 0 aliphatic heterocycles. The molecule has 3 aromatic rings. The van der Waals surface area contributed by atoms with E-state index in [4.69, 9.17) is 0 Å². The summed E-state index contributed by atoms with van der Waals surface area (Å²) in [5.41, 5.74) is 1.98. The summed E-state index contributed by atoms with van der Waals surface area (Å²) in [6.07, 6.45) is 5.17. The number of aromatic nitrogens is 6. The maximum atomic E-state index is 9.69. The molecule has 20 heavy (non-hydrogen) atoms. The Kier molecular flexibility index (Phi) is 2.78. The lowest BCUT2D eigenvalue weighted by molar-refractivity contribution is 0.432. The van der Waals surface area contributed by atoms with Crippen molar-refractivity contribution in [2.24, 2.45) is 7.05 Å². The van der Waals surface area contributed by atoms with Gasteiger partial charge in [0.15, 0.2) is 17.0 Å². The van der Waals surface area contributed by atoms with E-state index in [1.54, 1.807) is 17.2 Å². The molecule has 3 heterocycles. The van der Waals surface area contributed by atoms with Crippen LogP contribution >= 0.6 is 0 Å². The summed E-state index contributed by atoms with van der Waals surface area (Å²) in [6, 6.07) is -0.0909. The van der Waals surface area contributed by atoms with Crippen molar-refractivity contribution in [3.05, 3.63) is 18.7 Å². The first-order valence-electron chi connectivity index (χ1n) is 6.24. The van der Waals surface area contributed by atoms with Crippen LogP contribution in [0.15, 0.2) is 18.7 Å². The first kappa shape index (κ1) is 12.4. The highest BCUT2D eigenvalue weighted by Crippen LogP contribution is 2.25. The van der Waals surface area contributed by atoms with Gasteiger partial charge in [-0.25, -0.2) is 4.98 Å². The lowest BCUT2D eigenvalue weighted by atomic mass is 10.4. The first-order valence-corrected chi connectivity index (χ1v) is 6.24. The Morgan fingerprint density at radius 3 is 2.75 bits per heavy atom. The van der Waals surface area contributed by atoms with Crippen molar-refractivity contribution in [3.63, 3.8) is 0 Å². The molecule has 0 aliphatic carbocycles. The van der Waals surface area contributed by atoms with Gasteiger partial charge in [0.1, 0.15) is 0 Å². The van der Waals surface area contributed by atoms with Gasteiger partial charge in [0.05, 0.1) is 18.2 Å². The van der Waals surface area contributed by atoms with Crippen molar-refractivity contribution in [3.8, 4) is 6.01 Å². The SMILES string of the molecule is CC(C)n1cnc2c(Nc3cnn(C)c3)nc(O)nc21. The van der Waals surface area contributed by atoms with E-state index in [2.05, 4.69) is 25.4 Å². The number of hydrogen-bond acceptors (Lipinski definition) is 6. The summed E-state index contributed by atoms with van der Waals surface area (Å²) >= 11 is 0. The van der Waals surface area contributed by atoms with Gasteiger partial charge in [0.2, 0.25) is 0 Å². The zero-order chi connectivity index (χ0) is 14.3. The highest BCUT2D eigenvalue weighted by atomic mass is 16.3. The van der Waals surface area contributed by atoms with Crippen molar-refractivity contribution in [2.45, 2.75) is 19.9 Å². The summed E-state index contributed by atoms with van der Waals surface area (Å²) in [6.45, 7) is 4.04. The van der Waals surface area contributed by atoms with E-state index < -0.39 is 0 Å². The second kappa shape index (κ2) is 4.48. The predicted molar refractivity (Wildman–Crippen MR) is 73.9 cm³/mol. The van der Waals surface area contributed by atoms with Crippen LogP contribution in [0.25, 0.3) is 11.2 Å². The molecule has 8 heteroatoms. The topological polar surface area (TPSA) is 93.7 Å². The molecule has 0 saturated heterocycles. The van der Waals surface area contributed by atoms with Crippen molar-refractivity contribution in [2.75, 3.05) is 5.32 Å². The largest absolute Gasteiger partial charge is 0.479 e. The van der Waals surface area contributed by atoms with Gasteiger partial charge in [-0.3, -0.25) is 4.68 Å². The Labute approximate surface area is 115 Å². The maximum absolute atomic E-state index is 9.69. The minimum Gasteiger partial charge on any atom is -0.479 e. The zero-order valence-corrected chi connectivity index (χ0v) is 11.4. The molecule has 0 fully saturated rings. The third-order valence-electron chi connectivity index (χ3n) is 2.93. The molecule has 3 rings (SSSR count). The van der Waals surface area contributed by atoms with Crippen LogP contribution in [0, 0.1) is 0 Å². The standard InChI is InChI=1S/C12H15N7O/c1-7(2)19-6-13-9-10(16-12(20)17-11(9)19)15-8-4-14-18(3)5-8/h4-7H,1-3H3,(H2,15,16,17,20). The normalized spacial score (nSPS) is 11.4. The second-order valence-electron chi connectivity index (χ2n) is 4.82. The smallest absolute Gasteiger partial charge is 0.318 e. The molecule has 0 spiro atoms. The minimum absolute atomic E-state index is 0.195. The Bertz CT molecular complexity index is 758. The minimum atomic E-state index is -0.286. The van der Waals surface area contributed by atoms with Crippen LogP contribution in [0.4, 0.5) is 11.5 Å². The average Bonchev–Trinajstić information content (AvgIpc) is 2.95. The van der Waals surface area contributed by atoms with Gasteiger partial charge in [0, 0.05) is 19.3 Å². The molecule has 3 aromatic heterocycles. The van der Waals surface area contributed by atoms with E-state index in [0.29, 0.717) is 17.0 Å². The summed E-state index contributed by atoms with van der Waals surface area (Å²) in [5.74, 6) is 0.458. The fourth-order valence-corrected chi connectivity index (χ4v) is 1.99. The van der Waals surface area contributed by atoms with Crippen molar-refractivity contribution < 1.29 is 5.11 Å². The van der Waals surface area contributed by atoms with Crippen LogP contribution in [-0.2, 0) is 7.05 Å². The van der Waals surface area contributed by atoms with E-state index in [9.17, 15) is 5.11 Å². The third-order valence-corrected chi connectivity index (χ3v) is 2.93. The van der Waals surface area contributed by atoms with E-state index in [1.165, 1.54) is 0 Å². The van der Waals surface area contributed by atoms with Gasteiger partial charge in [-0.15, -0.1) is 0 Å². The van der Waals surface area contributed by atoms with Gasteiger partial charge in [-0.2, -0.15) is 15.1 Å². The number of imidazole rings is 1. The number of nitrogens with zero attached hydrogens (tertiary/aromatic N) is 6. The fraction of sp³-hybridized carbons (Fsp3) is 0.333. The summed E-state index contributed by atoms with van der Waals surface area (Å²) in [4.78, 5) is 12.4. The van der Waals surface area contributed by atoms with Crippen molar-refractivity contribution >= 4 is 22.7 Å². The third kappa shape index (κ3) is 2.04. The van der Waals surface area contributed by atoms with E-state index in [1.807, 2.05) is 31.7 Å². The van der Waals surface area contributed by atoms with Crippen molar-refractivity contribution in [1.29, 1.82) is 0 Å². The van der Waals surface area contributed by atoms with Crippen LogP contribution in [-0.4, -0.2) is 34.4 Å². The molecule has 104 valence electrons. The average molecular weight is 273 g/mol. The Morgan fingerprint density at radius 1 is 1.30 bits per heavy atom. The number of anilines is 2. The molecule has 0 aliphatic rings. The quantitative estimate of drug-likeness (QED) is 0.752. The van der Waals surface area contributed by atoms with Crippen LogP contribution in [0.3, 0.4) is 0 Å². The van der Waals surface area contributed by atoms with Gasteiger partial charge >= 0.3 is 6.01 Å². The van der Waals surface area contributed by atoms with Gasteiger partial charge < -0.3 is 15.0 Å². The van der Waals surface area contributed by atoms with E-state index in [-0.39, 0.29) is 12.1 Å². The second-order valence-corrected chi connectivity index (χ2v) is 4.82. The molecule has 0 unspecified atom stereocenters. The van der Waals surface area contributed by atoms with Gasteiger partial charge in [-0.1, -0.05) is 0 Å². The Morgan fingerprint density at radius 2 is 2.10 bits per heavy atom. The molecule has 0 atom stereocenters. The number of hydrogen-bond donors (Lipinski definition) is 2. The number of nitrogens with one attached hydrogen (secondary N) is 1. The van der Waals surface area contributed by atoms with Crippen LogP contribution in [0.5, 0.6) is 6.01 Å². The monoisotopic (exact) mass is 273 g/mol. The summed E-state index contributed by atoms with van der Waals surface area (Å²) in [7, 11) is 1.83. The molecule has 0 saturated carbocycles. The summed E-state index contributed by atoms with van der Waals surface area (Å²) < 4.78 is 3.55. The van der Waals surface area contributed by atoms with Gasteiger partial charge in [-0.05, 0) is 13.8 Å². The van der Waals surface area contributed by atoms with E-state index >= 15 is 0 Å². The predicted octanol–water partition coefficient (Wildman–Crippen LogP) is 1.59. The first-order chi connectivity index (χ1) is 9.54. The molecule has 0 amide bonds. The molecular weight excluding hydrogens is 258 g/mol. The highest BCUT2D eigenvalue weighted by molar-refractivity contribution is 5.85. The molecule has 8 nitrogen and oxygen atoms in total. The molecule has 2 N–H and O–H groups in total. The zero-order valence-electron chi connectivity index (χ0n) is 11.4. The van der Waals surface area contributed by atoms with Crippen LogP contribution in [0.1, 0.15) is 19.9 Å². The van der Waals surface area contributed by atoms with Crippen molar-refractivity contribution in [1.82, 2.24) is 29.3 Å². The molecule has 0 aromatic carbocycles.